The zero-order valence-corrected chi connectivity index (χ0v) is 17.2. The summed E-state index contributed by atoms with van der Waals surface area (Å²) in [7, 11) is 0. The van der Waals surface area contributed by atoms with E-state index in [9.17, 15) is 14.0 Å². The molecule has 1 aromatic carbocycles. The lowest BCUT2D eigenvalue weighted by Crippen LogP contribution is -2.53. The Morgan fingerprint density at radius 3 is 2.76 bits per heavy atom. The number of carbonyl (C=O) groups excluding carboxylic acids is 2. The van der Waals surface area contributed by atoms with Gasteiger partial charge in [0, 0.05) is 35.0 Å². The van der Waals surface area contributed by atoms with Crippen molar-refractivity contribution in [1.82, 2.24) is 0 Å². The molecule has 0 saturated heterocycles. The second-order valence-corrected chi connectivity index (χ2v) is 9.33. The van der Waals surface area contributed by atoms with Crippen molar-refractivity contribution in [2.75, 3.05) is 6.61 Å². The maximum Gasteiger partial charge on any atom is 0.334 e. The number of benzene rings is 1. The highest BCUT2D eigenvalue weighted by molar-refractivity contribution is 5.94. The average molecular weight is 398 g/mol. The third-order valence-electron chi connectivity index (χ3n) is 6.94. The first kappa shape index (κ1) is 19.9. The standard InChI is InChI=1S/C24H27FO4/c1-23(2)11-6-12-24(3)20-16(14-28-22(20)27)13-18(21(23)24)29-19(26)10-9-15-7-4-5-8-17(15)25/h4-5,7-10,18,21H,6,11-14H2,1-3H3/b10-9+/t18-,21-,24+/m0/s1. The second-order valence-electron chi connectivity index (χ2n) is 9.33. The maximum atomic E-state index is 13.8. The van der Waals surface area contributed by atoms with E-state index in [-0.39, 0.29) is 41.2 Å². The summed E-state index contributed by atoms with van der Waals surface area (Å²) in [6.07, 6.45) is 5.84. The lowest BCUT2D eigenvalue weighted by atomic mass is 9.49. The Hall–Kier alpha value is -2.43. The number of ether oxygens (including phenoxy) is 2. The van der Waals surface area contributed by atoms with Gasteiger partial charge in [-0.15, -0.1) is 0 Å². The fourth-order valence-corrected chi connectivity index (χ4v) is 5.94. The Labute approximate surface area is 170 Å². The Balaban J connectivity index is 1.61. The van der Waals surface area contributed by atoms with Crippen LogP contribution in [0.25, 0.3) is 6.08 Å². The van der Waals surface area contributed by atoms with Crippen LogP contribution >= 0.6 is 0 Å². The number of rotatable bonds is 3. The van der Waals surface area contributed by atoms with Gasteiger partial charge in [-0.3, -0.25) is 0 Å². The quantitative estimate of drug-likeness (QED) is 0.540. The van der Waals surface area contributed by atoms with Crippen molar-refractivity contribution < 1.29 is 23.5 Å². The molecule has 154 valence electrons. The van der Waals surface area contributed by atoms with E-state index in [2.05, 4.69) is 20.8 Å². The number of hydrogen-bond acceptors (Lipinski definition) is 4. The van der Waals surface area contributed by atoms with Crippen molar-refractivity contribution in [3.05, 3.63) is 52.9 Å². The van der Waals surface area contributed by atoms with Gasteiger partial charge in [-0.25, -0.2) is 14.0 Å². The van der Waals surface area contributed by atoms with Gasteiger partial charge in [0.1, 0.15) is 18.5 Å². The lowest BCUT2D eigenvalue weighted by Gasteiger charge is -2.55. The van der Waals surface area contributed by atoms with Crippen LogP contribution in [0.3, 0.4) is 0 Å². The van der Waals surface area contributed by atoms with Crippen LogP contribution in [0, 0.1) is 22.6 Å². The van der Waals surface area contributed by atoms with Crippen molar-refractivity contribution in [3.8, 4) is 0 Å². The number of hydrogen-bond donors (Lipinski definition) is 0. The molecule has 0 N–H and O–H groups in total. The molecule has 0 aromatic heterocycles. The molecular weight excluding hydrogens is 371 g/mol. The molecule has 0 unspecified atom stereocenters. The van der Waals surface area contributed by atoms with Gasteiger partial charge in [-0.05, 0) is 36.0 Å². The molecule has 1 aromatic rings. The molecule has 1 fully saturated rings. The fourth-order valence-electron chi connectivity index (χ4n) is 5.94. The van der Waals surface area contributed by atoms with Gasteiger partial charge in [0.25, 0.3) is 0 Å². The number of cyclic esters (lactones) is 1. The van der Waals surface area contributed by atoms with Crippen molar-refractivity contribution in [1.29, 1.82) is 0 Å². The highest BCUT2D eigenvalue weighted by atomic mass is 19.1. The van der Waals surface area contributed by atoms with E-state index in [1.165, 1.54) is 18.2 Å². The molecule has 1 aliphatic heterocycles. The van der Waals surface area contributed by atoms with Crippen molar-refractivity contribution >= 4 is 18.0 Å². The second kappa shape index (κ2) is 7.12. The molecule has 2 aliphatic carbocycles. The maximum absolute atomic E-state index is 13.8. The number of esters is 2. The lowest BCUT2D eigenvalue weighted by molar-refractivity contribution is -0.157. The van der Waals surface area contributed by atoms with Gasteiger partial charge in [0.05, 0.1) is 0 Å². The molecule has 4 nitrogen and oxygen atoms in total. The minimum atomic E-state index is -0.490. The normalized spacial score (nSPS) is 30.7. The van der Waals surface area contributed by atoms with Gasteiger partial charge >= 0.3 is 11.9 Å². The molecule has 3 atom stereocenters. The van der Waals surface area contributed by atoms with E-state index >= 15 is 0 Å². The van der Waals surface area contributed by atoms with Crippen LogP contribution in [0.2, 0.25) is 0 Å². The van der Waals surface area contributed by atoms with Crippen molar-refractivity contribution in [2.24, 2.45) is 16.7 Å². The van der Waals surface area contributed by atoms with Crippen LogP contribution in [0.4, 0.5) is 4.39 Å². The molecule has 1 heterocycles. The number of fused-ring (bicyclic) bond motifs is 2. The summed E-state index contributed by atoms with van der Waals surface area (Å²) in [6, 6.07) is 6.29. The fraction of sp³-hybridized carbons (Fsp3) is 0.500. The summed E-state index contributed by atoms with van der Waals surface area (Å²) in [5, 5.41) is 0. The van der Waals surface area contributed by atoms with E-state index in [4.69, 9.17) is 9.47 Å². The van der Waals surface area contributed by atoms with E-state index in [0.29, 0.717) is 12.0 Å². The highest BCUT2D eigenvalue weighted by Gasteiger charge is 2.59. The molecule has 5 heteroatoms. The van der Waals surface area contributed by atoms with Crippen LogP contribution in [0.5, 0.6) is 0 Å². The van der Waals surface area contributed by atoms with E-state index in [1.807, 2.05) is 0 Å². The zero-order valence-electron chi connectivity index (χ0n) is 17.2. The summed E-state index contributed by atoms with van der Waals surface area (Å²) in [5.41, 5.74) is 1.68. The third-order valence-corrected chi connectivity index (χ3v) is 6.94. The van der Waals surface area contributed by atoms with Crippen LogP contribution in [-0.2, 0) is 19.1 Å². The van der Waals surface area contributed by atoms with Gasteiger partial charge in [-0.2, -0.15) is 0 Å². The molecule has 0 bridgehead atoms. The molecule has 0 radical (unpaired) electrons. The number of carbonyl (C=O) groups is 2. The third kappa shape index (κ3) is 3.41. The largest absolute Gasteiger partial charge is 0.459 e. The van der Waals surface area contributed by atoms with E-state index < -0.39 is 5.97 Å². The summed E-state index contributed by atoms with van der Waals surface area (Å²) in [6.45, 7) is 6.79. The van der Waals surface area contributed by atoms with Gasteiger partial charge in [-0.1, -0.05) is 45.4 Å². The number of halogens is 1. The summed E-state index contributed by atoms with van der Waals surface area (Å²) in [4.78, 5) is 25.1. The van der Waals surface area contributed by atoms with Crippen LogP contribution in [-0.4, -0.2) is 24.6 Å². The van der Waals surface area contributed by atoms with Gasteiger partial charge < -0.3 is 9.47 Å². The van der Waals surface area contributed by atoms with E-state index in [1.54, 1.807) is 18.2 Å². The molecule has 0 spiro atoms. The van der Waals surface area contributed by atoms with Crippen molar-refractivity contribution in [2.45, 2.75) is 52.6 Å². The highest BCUT2D eigenvalue weighted by Crippen LogP contribution is 2.61. The van der Waals surface area contributed by atoms with Crippen LogP contribution in [0.15, 0.2) is 41.5 Å². The molecule has 3 aliphatic rings. The van der Waals surface area contributed by atoms with Crippen molar-refractivity contribution in [3.63, 3.8) is 0 Å². The first-order valence-corrected chi connectivity index (χ1v) is 10.3. The van der Waals surface area contributed by atoms with Crippen LogP contribution < -0.4 is 0 Å². The first-order valence-electron chi connectivity index (χ1n) is 10.3. The zero-order chi connectivity index (χ0) is 20.8. The molecular formula is C24H27FO4. The summed E-state index contributed by atoms with van der Waals surface area (Å²) < 4.78 is 25.1. The summed E-state index contributed by atoms with van der Waals surface area (Å²) in [5.74, 6) is -1.06. The predicted octanol–water partition coefficient (Wildman–Crippen LogP) is 4.84. The first-order chi connectivity index (χ1) is 13.7. The molecule has 1 saturated carbocycles. The minimum absolute atomic E-state index is 0.0268. The SMILES string of the molecule is CC1(C)CCC[C@]2(C)C3=C(COC3=O)C[C@H](OC(=O)/C=C/c3ccccc3F)[C@@H]12. The smallest absolute Gasteiger partial charge is 0.334 e. The Bertz CT molecular complexity index is 913. The van der Waals surface area contributed by atoms with Gasteiger partial charge in [0.2, 0.25) is 0 Å². The topological polar surface area (TPSA) is 52.6 Å². The van der Waals surface area contributed by atoms with E-state index in [0.717, 1.165) is 30.4 Å². The Morgan fingerprint density at radius 1 is 1.24 bits per heavy atom. The Morgan fingerprint density at radius 2 is 2.00 bits per heavy atom. The van der Waals surface area contributed by atoms with Crippen LogP contribution in [0.1, 0.15) is 52.0 Å². The monoisotopic (exact) mass is 398 g/mol. The Kier molecular flexibility index (Phi) is 4.88. The molecule has 0 amide bonds. The molecule has 29 heavy (non-hydrogen) atoms. The minimum Gasteiger partial charge on any atom is -0.459 e. The predicted molar refractivity (Wildman–Crippen MR) is 107 cm³/mol. The summed E-state index contributed by atoms with van der Waals surface area (Å²) >= 11 is 0. The average Bonchev–Trinajstić information content (AvgIpc) is 3.01. The van der Waals surface area contributed by atoms with Gasteiger partial charge in [0.15, 0.2) is 0 Å². The molecule has 4 rings (SSSR count).